The van der Waals surface area contributed by atoms with Crippen LogP contribution in [0.4, 0.5) is 5.69 Å². The Balaban J connectivity index is 2.13. The van der Waals surface area contributed by atoms with Crippen LogP contribution in [0.5, 0.6) is 0 Å². The fraction of sp³-hybridized carbons (Fsp3) is 0.227. The van der Waals surface area contributed by atoms with E-state index in [9.17, 15) is 9.59 Å². The highest BCUT2D eigenvalue weighted by molar-refractivity contribution is 6.01. The molecule has 3 rings (SSSR count). The van der Waals surface area contributed by atoms with Crippen molar-refractivity contribution in [2.45, 2.75) is 27.2 Å². The smallest absolute Gasteiger partial charge is 0.311 e. The third-order valence-corrected chi connectivity index (χ3v) is 4.68. The average Bonchev–Trinajstić information content (AvgIpc) is 3.01. The number of carbonyl (C=O) groups excluding carboxylic acids is 1. The van der Waals surface area contributed by atoms with Crippen LogP contribution in [-0.2, 0) is 16.0 Å². The Labute approximate surface area is 163 Å². The van der Waals surface area contributed by atoms with E-state index in [1.54, 1.807) is 6.92 Å². The minimum atomic E-state index is -0.429. The summed E-state index contributed by atoms with van der Waals surface area (Å²) < 4.78 is 6.20. The van der Waals surface area contributed by atoms with Gasteiger partial charge >= 0.3 is 5.97 Å². The number of para-hydroxylation sites is 1. The predicted octanol–water partition coefficient (Wildman–Crippen LogP) is 3.64. The van der Waals surface area contributed by atoms with Crippen LogP contribution in [0.2, 0.25) is 0 Å². The fourth-order valence-corrected chi connectivity index (χ4v) is 3.00. The van der Waals surface area contributed by atoms with Gasteiger partial charge in [0.15, 0.2) is 0 Å². The number of aryl methyl sites for hydroxylation is 2. The third-order valence-electron chi connectivity index (χ3n) is 4.68. The van der Waals surface area contributed by atoms with E-state index in [1.165, 1.54) is 17.4 Å². The van der Waals surface area contributed by atoms with Gasteiger partial charge in [0, 0.05) is 0 Å². The normalized spacial score (nSPS) is 11.5. The number of hydrogen-bond donors (Lipinski definition) is 1. The second-order valence-corrected chi connectivity index (χ2v) is 6.66. The Kier molecular flexibility index (Phi) is 5.59. The summed E-state index contributed by atoms with van der Waals surface area (Å²) in [5.41, 5.74) is 4.89. The van der Waals surface area contributed by atoms with E-state index in [-0.39, 0.29) is 12.0 Å². The Morgan fingerprint density at radius 1 is 1.11 bits per heavy atom. The molecule has 3 aromatic rings. The van der Waals surface area contributed by atoms with Crippen molar-refractivity contribution >= 4 is 17.4 Å². The predicted molar refractivity (Wildman–Crippen MR) is 110 cm³/mol. The number of carbonyl (C=O) groups is 1. The van der Waals surface area contributed by atoms with Gasteiger partial charge in [0.05, 0.1) is 41.9 Å². The molecule has 0 atom stereocenters. The summed E-state index contributed by atoms with van der Waals surface area (Å²) in [7, 11) is 1.32. The van der Waals surface area contributed by atoms with Gasteiger partial charge in [-0.15, -0.1) is 0 Å². The first kappa shape index (κ1) is 19.4. The maximum atomic E-state index is 13.1. The van der Waals surface area contributed by atoms with Crippen molar-refractivity contribution in [2.24, 2.45) is 4.99 Å². The zero-order valence-electron chi connectivity index (χ0n) is 16.4. The third kappa shape index (κ3) is 3.96. The largest absolute Gasteiger partial charge is 0.469 e. The highest BCUT2D eigenvalue weighted by Crippen LogP contribution is 2.19. The van der Waals surface area contributed by atoms with Crippen molar-refractivity contribution in [3.05, 3.63) is 81.3 Å². The summed E-state index contributed by atoms with van der Waals surface area (Å²) in [6.07, 6.45) is -0.0410. The second-order valence-electron chi connectivity index (χ2n) is 6.66. The van der Waals surface area contributed by atoms with Gasteiger partial charge in [0.1, 0.15) is 0 Å². The zero-order valence-corrected chi connectivity index (χ0v) is 16.4. The highest BCUT2D eigenvalue weighted by Gasteiger charge is 2.20. The first-order valence-corrected chi connectivity index (χ1v) is 8.99. The molecule has 1 aromatic heterocycles. The molecule has 0 saturated carbocycles. The van der Waals surface area contributed by atoms with E-state index in [1.807, 2.05) is 62.4 Å². The number of methoxy groups -OCH3 is 1. The molecular formula is C22H23N3O3. The molecule has 0 amide bonds. The molecule has 0 radical (unpaired) electrons. The van der Waals surface area contributed by atoms with Crippen molar-refractivity contribution < 1.29 is 9.53 Å². The Morgan fingerprint density at radius 2 is 1.82 bits per heavy atom. The van der Waals surface area contributed by atoms with Gasteiger partial charge in [-0.05, 0) is 56.2 Å². The van der Waals surface area contributed by atoms with Crippen LogP contribution >= 0.6 is 0 Å². The number of aromatic nitrogens is 2. The summed E-state index contributed by atoms with van der Waals surface area (Å²) in [6.45, 7) is 5.83. The lowest BCUT2D eigenvalue weighted by atomic mass is 10.1. The molecule has 0 spiro atoms. The van der Waals surface area contributed by atoms with E-state index in [4.69, 9.17) is 4.74 Å². The summed E-state index contributed by atoms with van der Waals surface area (Å²) in [5.74, 6) is -0.429. The van der Waals surface area contributed by atoms with Gasteiger partial charge in [-0.1, -0.05) is 24.3 Å². The highest BCUT2D eigenvalue weighted by atomic mass is 16.5. The quantitative estimate of drug-likeness (QED) is 0.545. The zero-order chi connectivity index (χ0) is 20.3. The molecular weight excluding hydrogens is 354 g/mol. The van der Waals surface area contributed by atoms with Crippen LogP contribution in [0.3, 0.4) is 0 Å². The molecule has 1 heterocycles. The number of aliphatic imine (C=N–C) groups is 1. The van der Waals surface area contributed by atoms with Gasteiger partial charge in [-0.2, -0.15) is 0 Å². The van der Waals surface area contributed by atoms with Crippen LogP contribution in [0.25, 0.3) is 5.69 Å². The molecule has 1 N–H and O–H groups in total. The molecule has 0 unspecified atom stereocenters. The van der Waals surface area contributed by atoms with Crippen molar-refractivity contribution in [2.75, 3.05) is 7.11 Å². The lowest BCUT2D eigenvalue weighted by molar-refractivity contribution is -0.139. The summed E-state index contributed by atoms with van der Waals surface area (Å²) >= 11 is 0. The first-order chi connectivity index (χ1) is 13.4. The summed E-state index contributed by atoms with van der Waals surface area (Å²) in [5, 5.41) is 3.04. The number of hydrogen-bond acceptors (Lipinski definition) is 4. The molecule has 0 aliphatic carbocycles. The molecule has 0 aliphatic heterocycles. The number of benzene rings is 2. The molecule has 0 fully saturated rings. The number of aromatic amines is 1. The van der Waals surface area contributed by atoms with Gasteiger partial charge < -0.3 is 4.74 Å². The number of esters is 1. The Morgan fingerprint density at radius 3 is 2.46 bits per heavy atom. The van der Waals surface area contributed by atoms with Crippen molar-refractivity contribution in [3.63, 3.8) is 0 Å². The minimum Gasteiger partial charge on any atom is -0.469 e. The molecule has 6 nitrogen and oxygen atoms in total. The van der Waals surface area contributed by atoms with Crippen molar-refractivity contribution in [1.29, 1.82) is 0 Å². The molecule has 0 aliphatic rings. The van der Waals surface area contributed by atoms with Gasteiger partial charge in [-0.25, -0.2) is 4.68 Å². The summed E-state index contributed by atoms with van der Waals surface area (Å²) in [4.78, 5) is 29.6. The number of ether oxygens (including phenoxy) is 1. The lowest BCUT2D eigenvalue weighted by Crippen LogP contribution is -2.20. The molecule has 144 valence electrons. The molecule has 0 bridgehead atoms. The van der Waals surface area contributed by atoms with Crippen LogP contribution in [0, 0.1) is 13.8 Å². The maximum absolute atomic E-state index is 13.1. The number of nitrogens with zero attached hydrogens (tertiary/aromatic N) is 2. The number of H-pyrrole nitrogens is 1. The van der Waals surface area contributed by atoms with Crippen LogP contribution in [0.15, 0.2) is 58.3 Å². The summed E-state index contributed by atoms with van der Waals surface area (Å²) in [6, 6.07) is 15.1. The standard InChI is InChI=1S/C22H23N3O3/c1-14-10-11-17(12-15(14)2)23-16(3)21-19(13-20(26)28-4)24-25(22(21)27)18-8-6-5-7-9-18/h5-12,24H,13H2,1-4H3. The SMILES string of the molecule is COC(=O)Cc1[nH]n(-c2ccccc2)c(=O)c1C(C)=Nc1ccc(C)c(C)c1. The van der Waals surface area contributed by atoms with E-state index >= 15 is 0 Å². The maximum Gasteiger partial charge on any atom is 0.311 e. The van der Waals surface area contributed by atoms with E-state index in [0.717, 1.165) is 11.3 Å². The van der Waals surface area contributed by atoms with Crippen molar-refractivity contribution in [3.8, 4) is 5.69 Å². The van der Waals surface area contributed by atoms with Gasteiger partial charge in [-0.3, -0.25) is 19.7 Å². The Bertz CT molecular complexity index is 1090. The van der Waals surface area contributed by atoms with Gasteiger partial charge in [0.2, 0.25) is 0 Å². The monoisotopic (exact) mass is 377 g/mol. The van der Waals surface area contributed by atoms with E-state index in [2.05, 4.69) is 10.1 Å². The fourth-order valence-electron chi connectivity index (χ4n) is 3.00. The molecule has 2 aromatic carbocycles. The Hall–Kier alpha value is -3.41. The van der Waals surface area contributed by atoms with E-state index in [0.29, 0.717) is 22.7 Å². The van der Waals surface area contributed by atoms with Crippen molar-refractivity contribution in [1.82, 2.24) is 9.78 Å². The van der Waals surface area contributed by atoms with Crippen LogP contribution < -0.4 is 5.56 Å². The van der Waals surface area contributed by atoms with Crippen LogP contribution in [0.1, 0.15) is 29.3 Å². The minimum absolute atomic E-state index is 0.0410. The first-order valence-electron chi connectivity index (χ1n) is 8.99. The molecule has 0 saturated heterocycles. The van der Waals surface area contributed by atoms with E-state index < -0.39 is 5.97 Å². The number of nitrogens with one attached hydrogen (secondary N) is 1. The molecule has 6 heteroatoms. The van der Waals surface area contributed by atoms with Crippen LogP contribution in [-0.4, -0.2) is 28.6 Å². The number of rotatable bonds is 5. The van der Waals surface area contributed by atoms with Gasteiger partial charge in [0.25, 0.3) is 5.56 Å². The molecule has 28 heavy (non-hydrogen) atoms. The average molecular weight is 377 g/mol. The topological polar surface area (TPSA) is 76.5 Å². The lowest BCUT2D eigenvalue weighted by Gasteiger charge is -2.04. The second kappa shape index (κ2) is 8.08.